The van der Waals surface area contributed by atoms with E-state index in [9.17, 15) is 0 Å². The zero-order valence-corrected chi connectivity index (χ0v) is 34.7. The number of rotatable bonds is 7. The largest absolute Gasteiger partial charge is 0.310 e. The van der Waals surface area contributed by atoms with E-state index < -0.39 is 0 Å². The van der Waals surface area contributed by atoms with Crippen molar-refractivity contribution < 1.29 is 0 Å². The Hall–Kier alpha value is -7.78. The molecular weight excluding hydrogens is 767 g/mol. The average Bonchev–Trinajstić information content (AvgIpc) is 3.73. The fourth-order valence-electron chi connectivity index (χ4n) is 9.53. The maximum Gasteiger partial charge on any atom is 0.0468 e. The third kappa shape index (κ3) is 6.15. The standard InChI is InChI=1S/C60H39NS/c1-3-16-42(17-4-1)58-54-25-10-9-23-51(54)52-36-32-45(39-56(52)59(58)43-18-5-2-6-19-43)41-29-33-47(34-30-41)61(49-35-31-40-15-7-8-20-44(40)37-49)48-22-13-21-46(38-48)50-26-14-27-55-53-24-11-12-28-57(53)62-60(50)55/h1-39H. The Labute approximate surface area is 365 Å². The average molecular weight is 806 g/mol. The van der Waals surface area contributed by atoms with E-state index in [0.29, 0.717) is 0 Å². The molecule has 1 nitrogen and oxygen atoms in total. The van der Waals surface area contributed by atoms with Crippen molar-refractivity contribution in [2.75, 3.05) is 4.90 Å². The quantitative estimate of drug-likeness (QED) is 0.145. The molecule has 290 valence electrons. The summed E-state index contributed by atoms with van der Waals surface area (Å²) in [6.45, 7) is 0. The topological polar surface area (TPSA) is 3.24 Å². The molecule has 12 rings (SSSR count). The highest BCUT2D eigenvalue weighted by molar-refractivity contribution is 7.26. The van der Waals surface area contributed by atoms with Crippen LogP contribution in [0.1, 0.15) is 0 Å². The lowest BCUT2D eigenvalue weighted by Crippen LogP contribution is -2.10. The van der Waals surface area contributed by atoms with Crippen LogP contribution >= 0.6 is 11.3 Å². The summed E-state index contributed by atoms with van der Waals surface area (Å²) in [4.78, 5) is 2.40. The minimum absolute atomic E-state index is 1.10. The Morgan fingerprint density at radius 3 is 1.63 bits per heavy atom. The number of thiophene rings is 1. The zero-order valence-electron chi connectivity index (χ0n) is 33.9. The number of hydrogen-bond donors (Lipinski definition) is 0. The van der Waals surface area contributed by atoms with Gasteiger partial charge in [-0.2, -0.15) is 0 Å². The lowest BCUT2D eigenvalue weighted by molar-refractivity contribution is 1.29. The van der Waals surface area contributed by atoms with Gasteiger partial charge in [-0.15, -0.1) is 11.3 Å². The molecule has 0 N–H and O–H groups in total. The maximum atomic E-state index is 2.41. The van der Waals surface area contributed by atoms with Gasteiger partial charge < -0.3 is 4.90 Å². The summed E-state index contributed by atoms with van der Waals surface area (Å²) in [6, 6.07) is 86.7. The lowest BCUT2D eigenvalue weighted by Gasteiger charge is -2.26. The summed E-state index contributed by atoms with van der Waals surface area (Å²) in [6.07, 6.45) is 0. The van der Waals surface area contributed by atoms with Crippen LogP contribution in [0, 0.1) is 0 Å². The van der Waals surface area contributed by atoms with E-state index in [1.807, 2.05) is 11.3 Å². The fourth-order valence-corrected chi connectivity index (χ4v) is 10.8. The summed E-state index contributed by atoms with van der Waals surface area (Å²) < 4.78 is 2.64. The molecule has 0 spiro atoms. The molecule has 0 saturated heterocycles. The molecule has 0 aliphatic heterocycles. The van der Waals surface area contributed by atoms with Gasteiger partial charge in [-0.1, -0.05) is 188 Å². The number of nitrogens with zero attached hydrogens (tertiary/aromatic N) is 1. The van der Waals surface area contributed by atoms with Gasteiger partial charge >= 0.3 is 0 Å². The number of fused-ring (bicyclic) bond motifs is 7. The van der Waals surface area contributed by atoms with Crippen LogP contribution < -0.4 is 4.90 Å². The Kier molecular flexibility index (Phi) is 8.76. The smallest absolute Gasteiger partial charge is 0.0468 e. The van der Waals surface area contributed by atoms with Crippen LogP contribution in [0.2, 0.25) is 0 Å². The summed E-state index contributed by atoms with van der Waals surface area (Å²) in [5.41, 5.74) is 13.1. The van der Waals surface area contributed by atoms with Crippen LogP contribution in [0.5, 0.6) is 0 Å². The number of hydrogen-bond acceptors (Lipinski definition) is 2. The van der Waals surface area contributed by atoms with Crippen molar-refractivity contribution >= 4 is 80.9 Å². The van der Waals surface area contributed by atoms with Gasteiger partial charge in [0, 0.05) is 37.2 Å². The van der Waals surface area contributed by atoms with Crippen molar-refractivity contribution in [2.45, 2.75) is 0 Å². The Bertz CT molecular complexity index is 3620. The van der Waals surface area contributed by atoms with Gasteiger partial charge in [-0.05, 0) is 125 Å². The van der Waals surface area contributed by atoms with Gasteiger partial charge in [-0.25, -0.2) is 0 Å². The SMILES string of the molecule is c1ccc(-c2c(-c3ccccc3)c3cc(-c4ccc(N(c5cccc(-c6cccc7c6sc6ccccc67)c5)c5ccc6ccccc6c5)cc4)ccc3c3ccccc23)cc1. The molecule has 0 saturated carbocycles. The first-order valence-electron chi connectivity index (χ1n) is 21.2. The molecule has 1 aromatic heterocycles. The number of benzene rings is 11. The first-order chi connectivity index (χ1) is 30.7. The van der Waals surface area contributed by atoms with Crippen LogP contribution in [0.3, 0.4) is 0 Å². The first-order valence-corrected chi connectivity index (χ1v) is 22.1. The first kappa shape index (κ1) is 36.1. The van der Waals surface area contributed by atoms with Crippen LogP contribution in [0.15, 0.2) is 237 Å². The van der Waals surface area contributed by atoms with E-state index in [0.717, 1.165) is 17.1 Å². The van der Waals surface area contributed by atoms with E-state index in [1.54, 1.807) is 0 Å². The Balaban J connectivity index is 1.01. The van der Waals surface area contributed by atoms with Gasteiger partial charge in [0.05, 0.1) is 0 Å². The number of anilines is 3. The third-order valence-corrected chi connectivity index (χ3v) is 13.6. The molecule has 0 fully saturated rings. The van der Waals surface area contributed by atoms with Crippen molar-refractivity contribution in [1.82, 2.24) is 0 Å². The second-order valence-electron chi connectivity index (χ2n) is 16.0. The monoisotopic (exact) mass is 805 g/mol. The summed E-state index contributed by atoms with van der Waals surface area (Å²) >= 11 is 1.88. The highest BCUT2D eigenvalue weighted by atomic mass is 32.1. The molecule has 2 heteroatoms. The minimum Gasteiger partial charge on any atom is -0.310 e. The second-order valence-corrected chi connectivity index (χ2v) is 17.1. The Morgan fingerprint density at radius 2 is 0.839 bits per heavy atom. The van der Waals surface area contributed by atoms with E-state index >= 15 is 0 Å². The van der Waals surface area contributed by atoms with E-state index in [4.69, 9.17) is 0 Å². The summed E-state index contributed by atoms with van der Waals surface area (Å²) in [5.74, 6) is 0. The second kappa shape index (κ2) is 15.0. The van der Waals surface area contributed by atoms with E-state index in [-0.39, 0.29) is 0 Å². The normalized spacial score (nSPS) is 11.5. The highest BCUT2D eigenvalue weighted by Gasteiger charge is 2.20. The van der Waals surface area contributed by atoms with Gasteiger partial charge in [0.15, 0.2) is 0 Å². The molecule has 0 aliphatic rings. The fraction of sp³-hybridized carbons (Fsp3) is 0. The molecule has 0 atom stereocenters. The van der Waals surface area contributed by atoms with E-state index in [2.05, 4.69) is 241 Å². The molecule has 12 aromatic rings. The molecule has 11 aromatic carbocycles. The van der Waals surface area contributed by atoms with Crippen molar-refractivity contribution in [3.63, 3.8) is 0 Å². The van der Waals surface area contributed by atoms with Crippen molar-refractivity contribution in [3.05, 3.63) is 237 Å². The zero-order chi connectivity index (χ0) is 41.0. The maximum absolute atomic E-state index is 2.41. The van der Waals surface area contributed by atoms with Gasteiger partial charge in [0.2, 0.25) is 0 Å². The predicted molar refractivity (Wildman–Crippen MR) is 268 cm³/mol. The molecule has 0 bridgehead atoms. The van der Waals surface area contributed by atoms with Crippen molar-refractivity contribution in [1.29, 1.82) is 0 Å². The van der Waals surface area contributed by atoms with Gasteiger partial charge in [-0.3, -0.25) is 0 Å². The Morgan fingerprint density at radius 1 is 0.274 bits per heavy atom. The molecule has 0 radical (unpaired) electrons. The van der Waals surface area contributed by atoms with Gasteiger partial charge in [0.1, 0.15) is 0 Å². The third-order valence-electron chi connectivity index (χ3n) is 12.4. The van der Waals surface area contributed by atoms with Crippen LogP contribution in [-0.4, -0.2) is 0 Å². The summed E-state index contributed by atoms with van der Waals surface area (Å²) in [5, 5.41) is 10.1. The predicted octanol–water partition coefficient (Wildman–Crippen LogP) is 17.7. The van der Waals surface area contributed by atoms with E-state index in [1.165, 1.54) is 97.0 Å². The van der Waals surface area contributed by atoms with Crippen LogP contribution in [0.25, 0.3) is 97.0 Å². The summed E-state index contributed by atoms with van der Waals surface area (Å²) in [7, 11) is 0. The highest BCUT2D eigenvalue weighted by Crippen LogP contribution is 2.47. The molecule has 0 amide bonds. The van der Waals surface area contributed by atoms with Crippen LogP contribution in [-0.2, 0) is 0 Å². The molecule has 0 unspecified atom stereocenters. The van der Waals surface area contributed by atoms with Gasteiger partial charge in [0.25, 0.3) is 0 Å². The lowest BCUT2D eigenvalue weighted by atomic mass is 9.84. The molecule has 62 heavy (non-hydrogen) atoms. The van der Waals surface area contributed by atoms with Crippen molar-refractivity contribution in [3.8, 4) is 44.5 Å². The molecule has 1 heterocycles. The van der Waals surface area contributed by atoms with Crippen LogP contribution in [0.4, 0.5) is 17.1 Å². The molecule has 0 aliphatic carbocycles. The molecular formula is C60H39NS. The van der Waals surface area contributed by atoms with Crippen molar-refractivity contribution in [2.24, 2.45) is 0 Å². The minimum atomic E-state index is 1.10.